The molecule has 0 unspecified atom stereocenters. The number of anilines is 1. The van der Waals surface area contributed by atoms with Crippen LogP contribution in [0.3, 0.4) is 0 Å². The van der Waals surface area contributed by atoms with Gasteiger partial charge in [0.05, 0.1) is 11.9 Å². The van der Waals surface area contributed by atoms with Gasteiger partial charge in [0.1, 0.15) is 6.04 Å². The van der Waals surface area contributed by atoms with Crippen LogP contribution in [0.25, 0.3) is 0 Å². The Kier molecular flexibility index (Phi) is 9.54. The number of carbonyl (C=O) groups excluding carboxylic acids is 2. The molecule has 0 spiro atoms. The summed E-state index contributed by atoms with van der Waals surface area (Å²) in [7, 11) is -3.51. The lowest BCUT2D eigenvalue weighted by atomic mass is 10.1. The molecule has 1 aliphatic carbocycles. The molecule has 7 nitrogen and oxygen atoms in total. The molecule has 196 valence electrons. The van der Waals surface area contributed by atoms with E-state index in [4.69, 9.17) is 0 Å². The molecule has 0 saturated heterocycles. The fourth-order valence-electron chi connectivity index (χ4n) is 4.77. The highest BCUT2D eigenvalue weighted by Crippen LogP contribution is 2.21. The van der Waals surface area contributed by atoms with E-state index < -0.39 is 16.1 Å². The minimum atomic E-state index is -3.51. The number of benzene rings is 2. The summed E-state index contributed by atoms with van der Waals surface area (Å²) in [5.41, 5.74) is 3.60. The highest BCUT2D eigenvalue weighted by Gasteiger charge is 2.28. The summed E-state index contributed by atoms with van der Waals surface area (Å²) in [5.74, 6) is -0.302. The van der Waals surface area contributed by atoms with Gasteiger partial charge in [-0.05, 0) is 63.3 Å². The first-order chi connectivity index (χ1) is 17.0. The number of nitrogens with one attached hydrogen (secondary N) is 1. The quantitative estimate of drug-likeness (QED) is 0.485. The fourth-order valence-corrected chi connectivity index (χ4v) is 5.73. The number of amides is 2. The molecule has 8 heteroatoms. The monoisotopic (exact) mass is 513 g/mol. The zero-order valence-electron chi connectivity index (χ0n) is 21.9. The van der Waals surface area contributed by atoms with Crippen LogP contribution >= 0.6 is 0 Å². The van der Waals surface area contributed by atoms with E-state index in [1.807, 2.05) is 56.3 Å². The fraction of sp³-hybridized carbons (Fsp3) is 0.500. The molecule has 2 aromatic rings. The molecule has 1 saturated carbocycles. The van der Waals surface area contributed by atoms with E-state index in [2.05, 4.69) is 5.32 Å². The molecule has 1 aliphatic rings. The predicted octanol–water partition coefficient (Wildman–Crippen LogP) is 4.33. The van der Waals surface area contributed by atoms with E-state index in [1.165, 1.54) is 10.6 Å². The Morgan fingerprint density at radius 1 is 1.03 bits per heavy atom. The average molecular weight is 514 g/mol. The summed E-state index contributed by atoms with van der Waals surface area (Å²) < 4.78 is 26.3. The molecular formula is C28H39N3O4S. The van der Waals surface area contributed by atoms with Gasteiger partial charge >= 0.3 is 0 Å². The van der Waals surface area contributed by atoms with E-state index in [9.17, 15) is 18.0 Å². The van der Waals surface area contributed by atoms with Gasteiger partial charge in [-0.3, -0.25) is 13.9 Å². The Balaban J connectivity index is 1.72. The molecule has 36 heavy (non-hydrogen) atoms. The van der Waals surface area contributed by atoms with Crippen molar-refractivity contribution in [3.63, 3.8) is 0 Å². The Labute approximate surface area is 215 Å². The summed E-state index contributed by atoms with van der Waals surface area (Å²) in [6.07, 6.45) is 5.85. The summed E-state index contributed by atoms with van der Waals surface area (Å²) in [6.45, 7) is 6.20. The molecule has 0 heterocycles. The van der Waals surface area contributed by atoms with Gasteiger partial charge in [0, 0.05) is 25.6 Å². The molecule has 3 rings (SSSR count). The third-order valence-corrected chi connectivity index (χ3v) is 7.94. The van der Waals surface area contributed by atoms with Crippen molar-refractivity contribution in [3.8, 4) is 0 Å². The van der Waals surface area contributed by atoms with Crippen LogP contribution in [-0.4, -0.2) is 50.0 Å². The van der Waals surface area contributed by atoms with E-state index in [-0.39, 0.29) is 30.8 Å². The van der Waals surface area contributed by atoms with Crippen LogP contribution in [-0.2, 0) is 26.2 Å². The number of hydrogen-bond donors (Lipinski definition) is 1. The topological polar surface area (TPSA) is 86.8 Å². The smallest absolute Gasteiger partial charge is 0.242 e. The minimum absolute atomic E-state index is 0.138. The third-order valence-electron chi connectivity index (χ3n) is 6.75. The molecule has 1 fully saturated rings. The van der Waals surface area contributed by atoms with E-state index >= 15 is 0 Å². The average Bonchev–Trinajstić information content (AvgIpc) is 3.32. The van der Waals surface area contributed by atoms with Gasteiger partial charge < -0.3 is 10.2 Å². The molecule has 0 bridgehead atoms. The maximum atomic E-state index is 13.4. The van der Waals surface area contributed by atoms with E-state index in [1.54, 1.807) is 17.9 Å². The lowest BCUT2D eigenvalue weighted by molar-refractivity contribution is -0.141. The van der Waals surface area contributed by atoms with Crippen LogP contribution in [0.15, 0.2) is 48.5 Å². The Morgan fingerprint density at radius 3 is 2.28 bits per heavy atom. The van der Waals surface area contributed by atoms with Gasteiger partial charge in [-0.1, -0.05) is 54.8 Å². The van der Waals surface area contributed by atoms with Gasteiger partial charge in [0.2, 0.25) is 21.8 Å². The molecule has 1 N–H and O–H groups in total. The van der Waals surface area contributed by atoms with Gasteiger partial charge in [-0.15, -0.1) is 0 Å². The van der Waals surface area contributed by atoms with Crippen molar-refractivity contribution in [1.29, 1.82) is 0 Å². The van der Waals surface area contributed by atoms with Crippen LogP contribution in [0.1, 0.15) is 62.1 Å². The molecule has 0 aromatic heterocycles. The van der Waals surface area contributed by atoms with Crippen LogP contribution in [0, 0.1) is 13.8 Å². The molecule has 0 radical (unpaired) electrons. The SMILES string of the molecule is Cc1cccc(CN(C(=O)CCCN(c2cccc(C)c2)S(C)(=O)=O)[C@@H](C)C(=O)NC2CCCC2)c1. The first kappa shape index (κ1) is 27.7. The van der Waals surface area contributed by atoms with Gasteiger partial charge in [-0.2, -0.15) is 0 Å². The van der Waals surface area contributed by atoms with E-state index in [0.717, 1.165) is 42.4 Å². The van der Waals surface area contributed by atoms with Crippen LogP contribution < -0.4 is 9.62 Å². The number of rotatable bonds is 11. The summed E-state index contributed by atoms with van der Waals surface area (Å²) in [5, 5.41) is 3.11. The summed E-state index contributed by atoms with van der Waals surface area (Å²) in [6, 6.07) is 14.8. The first-order valence-electron chi connectivity index (χ1n) is 12.7. The van der Waals surface area contributed by atoms with Crippen LogP contribution in [0.4, 0.5) is 5.69 Å². The highest BCUT2D eigenvalue weighted by atomic mass is 32.2. The second kappa shape index (κ2) is 12.4. The number of nitrogens with zero attached hydrogens (tertiary/aromatic N) is 2. The third kappa shape index (κ3) is 7.82. The summed E-state index contributed by atoms with van der Waals surface area (Å²) >= 11 is 0. The Hall–Kier alpha value is -2.87. The standard InChI is InChI=1S/C28H39N3O4S/c1-21-10-7-12-24(18-21)20-30(23(3)28(33)29-25-13-5-6-14-25)27(32)16-9-17-31(36(4,34)35)26-15-8-11-22(2)19-26/h7-8,10-12,15,18-19,23,25H,5-6,9,13-14,16-17,20H2,1-4H3,(H,29,33)/t23-/m0/s1. The maximum Gasteiger partial charge on any atom is 0.242 e. The molecular weight excluding hydrogens is 474 g/mol. The molecule has 2 amide bonds. The predicted molar refractivity (Wildman–Crippen MR) is 144 cm³/mol. The van der Waals surface area contributed by atoms with Gasteiger partial charge in [0.15, 0.2) is 0 Å². The second-order valence-electron chi connectivity index (χ2n) is 9.95. The van der Waals surface area contributed by atoms with Crippen molar-refractivity contribution in [1.82, 2.24) is 10.2 Å². The summed E-state index contributed by atoms with van der Waals surface area (Å²) in [4.78, 5) is 28.1. The number of aryl methyl sites for hydroxylation is 2. The van der Waals surface area contributed by atoms with Crippen LogP contribution in [0.2, 0.25) is 0 Å². The number of carbonyl (C=O) groups is 2. The first-order valence-corrected chi connectivity index (χ1v) is 14.6. The number of sulfonamides is 1. The number of hydrogen-bond acceptors (Lipinski definition) is 4. The van der Waals surface area contributed by atoms with Crippen molar-refractivity contribution < 1.29 is 18.0 Å². The highest BCUT2D eigenvalue weighted by molar-refractivity contribution is 7.92. The maximum absolute atomic E-state index is 13.4. The zero-order chi connectivity index (χ0) is 26.3. The van der Waals surface area contributed by atoms with Crippen molar-refractivity contribution >= 4 is 27.5 Å². The van der Waals surface area contributed by atoms with Crippen molar-refractivity contribution in [2.75, 3.05) is 17.1 Å². The van der Waals surface area contributed by atoms with Crippen LogP contribution in [0.5, 0.6) is 0 Å². The molecule has 0 aliphatic heterocycles. The van der Waals surface area contributed by atoms with Crippen molar-refractivity contribution in [3.05, 3.63) is 65.2 Å². The van der Waals surface area contributed by atoms with Gasteiger partial charge in [0.25, 0.3) is 0 Å². The largest absolute Gasteiger partial charge is 0.352 e. The van der Waals surface area contributed by atoms with Crippen molar-refractivity contribution in [2.45, 2.75) is 77.9 Å². The lowest BCUT2D eigenvalue weighted by Gasteiger charge is -2.30. The second-order valence-corrected chi connectivity index (χ2v) is 11.9. The van der Waals surface area contributed by atoms with E-state index in [0.29, 0.717) is 18.7 Å². The normalized spacial score (nSPS) is 14.9. The lowest BCUT2D eigenvalue weighted by Crippen LogP contribution is -2.49. The molecule has 1 atom stereocenters. The minimum Gasteiger partial charge on any atom is -0.352 e. The Bertz CT molecular complexity index is 1160. The Morgan fingerprint density at radius 2 is 1.67 bits per heavy atom. The van der Waals surface area contributed by atoms with Gasteiger partial charge in [-0.25, -0.2) is 8.42 Å². The van der Waals surface area contributed by atoms with Crippen molar-refractivity contribution in [2.24, 2.45) is 0 Å². The molecule has 2 aromatic carbocycles. The zero-order valence-corrected chi connectivity index (χ0v) is 22.7.